The molecule has 0 saturated heterocycles. The van der Waals surface area contributed by atoms with Crippen LogP contribution >= 0.6 is 0 Å². The molecule has 0 radical (unpaired) electrons. The van der Waals surface area contributed by atoms with Crippen LogP contribution in [0.1, 0.15) is 28.7 Å². The summed E-state index contributed by atoms with van der Waals surface area (Å²) in [5.74, 6) is 0.645. The van der Waals surface area contributed by atoms with E-state index in [2.05, 4.69) is 39.4 Å². The molecule has 37 heavy (non-hydrogen) atoms. The minimum atomic E-state index is 0.454. The van der Waals surface area contributed by atoms with Crippen LogP contribution < -0.4 is 0 Å². The van der Waals surface area contributed by atoms with Crippen LogP contribution in [0.25, 0.3) is 28.2 Å². The Kier molecular flexibility index (Phi) is 5.97. The first-order valence-corrected chi connectivity index (χ1v) is 12.0. The average Bonchev–Trinajstić information content (AvgIpc) is 3.59. The molecule has 1 aliphatic rings. The number of aromatic nitrogens is 4. The first-order chi connectivity index (χ1) is 18.3. The molecule has 0 bridgehead atoms. The van der Waals surface area contributed by atoms with Gasteiger partial charge in [-0.15, -0.1) is 0 Å². The Bertz CT molecular complexity index is 1620. The highest BCUT2D eigenvalue weighted by molar-refractivity contribution is 6.04. The Morgan fingerprint density at radius 1 is 0.919 bits per heavy atom. The van der Waals surface area contributed by atoms with Gasteiger partial charge in [-0.05, 0) is 53.8 Å². The van der Waals surface area contributed by atoms with Crippen molar-refractivity contribution in [3.8, 4) is 34.3 Å². The summed E-state index contributed by atoms with van der Waals surface area (Å²) in [6.45, 7) is 0.454. The molecule has 7 heteroatoms. The molecule has 6 rings (SSSR count). The Hall–Kier alpha value is -5.09. The maximum absolute atomic E-state index is 9.11. The average molecular weight is 483 g/mol. The summed E-state index contributed by atoms with van der Waals surface area (Å²) >= 11 is 0. The number of rotatable bonds is 6. The summed E-state index contributed by atoms with van der Waals surface area (Å²) in [6, 6.07) is 26.0. The van der Waals surface area contributed by atoms with Crippen molar-refractivity contribution in [1.29, 1.82) is 5.26 Å². The van der Waals surface area contributed by atoms with Crippen LogP contribution in [0, 0.1) is 11.3 Å². The van der Waals surface area contributed by atoms with Gasteiger partial charge in [-0.1, -0.05) is 53.7 Å². The van der Waals surface area contributed by atoms with Crippen LogP contribution in [0.15, 0.2) is 103 Å². The van der Waals surface area contributed by atoms with E-state index < -0.39 is 0 Å². The summed E-state index contributed by atoms with van der Waals surface area (Å²) in [4.78, 5) is 14.2. The first kappa shape index (κ1) is 22.4. The molecule has 0 unspecified atom stereocenters. The molecule has 178 valence electrons. The Balaban J connectivity index is 1.33. The van der Waals surface area contributed by atoms with E-state index in [-0.39, 0.29) is 0 Å². The fourth-order valence-corrected chi connectivity index (χ4v) is 4.50. The van der Waals surface area contributed by atoms with Gasteiger partial charge in [-0.2, -0.15) is 10.4 Å². The van der Waals surface area contributed by atoms with Gasteiger partial charge in [0, 0.05) is 41.5 Å². The normalized spacial score (nSPS) is 13.3. The first-order valence-electron chi connectivity index (χ1n) is 12.0. The molecule has 0 spiro atoms. The second kappa shape index (κ2) is 9.88. The van der Waals surface area contributed by atoms with Crippen molar-refractivity contribution >= 4 is 5.71 Å². The zero-order valence-electron chi connectivity index (χ0n) is 20.0. The van der Waals surface area contributed by atoms with Crippen LogP contribution in [0.4, 0.5) is 0 Å². The van der Waals surface area contributed by atoms with E-state index in [9.17, 15) is 0 Å². The van der Waals surface area contributed by atoms with Gasteiger partial charge in [-0.3, -0.25) is 4.98 Å². The lowest BCUT2D eigenvalue weighted by atomic mass is 9.98. The van der Waals surface area contributed by atoms with E-state index in [4.69, 9.17) is 15.2 Å². The molecule has 0 aliphatic heterocycles. The molecule has 3 heterocycles. The minimum absolute atomic E-state index is 0.454. The molecule has 5 aromatic rings. The van der Waals surface area contributed by atoms with E-state index in [0.717, 1.165) is 52.1 Å². The van der Waals surface area contributed by atoms with Crippen molar-refractivity contribution in [2.24, 2.45) is 5.16 Å². The highest BCUT2D eigenvalue weighted by Crippen LogP contribution is 2.34. The van der Waals surface area contributed by atoms with Crippen molar-refractivity contribution in [3.05, 3.63) is 120 Å². The molecule has 0 fully saturated rings. The highest BCUT2D eigenvalue weighted by atomic mass is 16.6. The standard InChI is InChI=1S/C30H22N6O/c31-17-22-6-11-29(33-18-22)36-19-27(30(34-36)23-12-14-32-15-13-23)25-7-9-26-24(16-25)8-10-28(26)35-37-20-21-4-2-1-3-5-21/h1-7,9,11-16,18-19H,8,10,20H2/b35-28-. The number of benzene rings is 2. The van der Waals surface area contributed by atoms with Crippen LogP contribution in [0.5, 0.6) is 0 Å². The molecule has 0 atom stereocenters. The molecular formula is C30H22N6O. The Labute approximate surface area is 214 Å². The van der Waals surface area contributed by atoms with Crippen LogP contribution in [0.3, 0.4) is 0 Å². The number of hydrogen-bond donors (Lipinski definition) is 0. The van der Waals surface area contributed by atoms with Gasteiger partial charge in [-0.25, -0.2) is 9.67 Å². The lowest BCUT2D eigenvalue weighted by molar-refractivity contribution is 0.130. The third kappa shape index (κ3) is 4.60. The third-order valence-corrected chi connectivity index (χ3v) is 6.39. The second-order valence-corrected chi connectivity index (χ2v) is 8.76. The SMILES string of the molecule is N#Cc1ccc(-n2cc(-c3ccc4c(c3)CC/C4=N/OCc3ccccc3)c(-c3ccncc3)n2)nc1. The second-order valence-electron chi connectivity index (χ2n) is 8.76. The van der Waals surface area contributed by atoms with Crippen molar-refractivity contribution in [2.45, 2.75) is 19.4 Å². The largest absolute Gasteiger partial charge is 0.391 e. The Morgan fingerprint density at radius 3 is 2.57 bits per heavy atom. The molecule has 2 aromatic carbocycles. The number of pyridine rings is 2. The van der Waals surface area contributed by atoms with Crippen molar-refractivity contribution in [1.82, 2.24) is 19.7 Å². The molecule has 0 saturated carbocycles. The minimum Gasteiger partial charge on any atom is -0.391 e. The highest BCUT2D eigenvalue weighted by Gasteiger charge is 2.21. The molecule has 7 nitrogen and oxygen atoms in total. The van der Waals surface area contributed by atoms with E-state index in [1.54, 1.807) is 35.4 Å². The number of aryl methyl sites for hydroxylation is 1. The number of nitrogens with zero attached hydrogens (tertiary/aromatic N) is 6. The smallest absolute Gasteiger partial charge is 0.153 e. The lowest BCUT2D eigenvalue weighted by Crippen LogP contribution is -1.98. The number of fused-ring (bicyclic) bond motifs is 1. The zero-order chi connectivity index (χ0) is 25.0. The van der Waals surface area contributed by atoms with Gasteiger partial charge >= 0.3 is 0 Å². The molecule has 3 aromatic heterocycles. The lowest BCUT2D eigenvalue weighted by Gasteiger charge is -2.06. The maximum atomic E-state index is 9.11. The molecular weight excluding hydrogens is 460 g/mol. The monoisotopic (exact) mass is 482 g/mol. The van der Waals surface area contributed by atoms with Gasteiger partial charge in [0.1, 0.15) is 18.4 Å². The van der Waals surface area contributed by atoms with Crippen LogP contribution in [0.2, 0.25) is 0 Å². The van der Waals surface area contributed by atoms with E-state index in [1.165, 1.54) is 5.56 Å². The van der Waals surface area contributed by atoms with Crippen LogP contribution in [-0.4, -0.2) is 25.5 Å². The predicted molar refractivity (Wildman–Crippen MR) is 141 cm³/mol. The predicted octanol–water partition coefficient (Wildman–Crippen LogP) is 5.74. The maximum Gasteiger partial charge on any atom is 0.153 e. The summed E-state index contributed by atoms with van der Waals surface area (Å²) in [5.41, 5.74) is 8.81. The topological polar surface area (TPSA) is 89.0 Å². The molecule has 1 aliphatic carbocycles. The molecule has 0 N–H and O–H groups in total. The number of hydrogen-bond acceptors (Lipinski definition) is 6. The van der Waals surface area contributed by atoms with Gasteiger partial charge in [0.15, 0.2) is 5.82 Å². The van der Waals surface area contributed by atoms with Crippen molar-refractivity contribution in [3.63, 3.8) is 0 Å². The number of nitriles is 1. The number of oxime groups is 1. The Morgan fingerprint density at radius 2 is 1.78 bits per heavy atom. The van der Waals surface area contributed by atoms with Crippen molar-refractivity contribution in [2.75, 3.05) is 0 Å². The quantitative estimate of drug-likeness (QED) is 0.288. The summed E-state index contributed by atoms with van der Waals surface area (Å²) in [7, 11) is 0. The summed E-state index contributed by atoms with van der Waals surface area (Å²) < 4.78 is 1.75. The summed E-state index contributed by atoms with van der Waals surface area (Å²) in [5, 5.41) is 18.4. The third-order valence-electron chi connectivity index (χ3n) is 6.39. The van der Waals surface area contributed by atoms with Gasteiger partial charge < -0.3 is 4.84 Å². The van der Waals surface area contributed by atoms with E-state index >= 15 is 0 Å². The van der Waals surface area contributed by atoms with E-state index in [1.807, 2.05) is 48.7 Å². The molecule has 0 amide bonds. The van der Waals surface area contributed by atoms with E-state index in [0.29, 0.717) is 18.0 Å². The van der Waals surface area contributed by atoms with Gasteiger partial charge in [0.05, 0.1) is 11.3 Å². The van der Waals surface area contributed by atoms with Crippen LogP contribution in [-0.2, 0) is 17.9 Å². The van der Waals surface area contributed by atoms with Crippen molar-refractivity contribution < 1.29 is 4.84 Å². The summed E-state index contributed by atoms with van der Waals surface area (Å²) in [6.07, 6.45) is 8.82. The zero-order valence-corrected chi connectivity index (χ0v) is 20.0. The van der Waals surface area contributed by atoms with Gasteiger partial charge in [0.25, 0.3) is 0 Å². The fourth-order valence-electron chi connectivity index (χ4n) is 4.50. The fraction of sp³-hybridized carbons (Fsp3) is 0.100. The van der Waals surface area contributed by atoms with Gasteiger partial charge in [0.2, 0.25) is 0 Å².